The summed E-state index contributed by atoms with van der Waals surface area (Å²) in [7, 11) is 0. The summed E-state index contributed by atoms with van der Waals surface area (Å²) in [6.07, 6.45) is -3.37. The van der Waals surface area contributed by atoms with Gasteiger partial charge in [0.15, 0.2) is 11.3 Å². The number of anilines is 1. The van der Waals surface area contributed by atoms with Crippen LogP contribution in [0.3, 0.4) is 0 Å². The molecular formula is C18H12BrF4N7O. The Bertz CT molecular complexity index is 1300. The highest BCUT2D eigenvalue weighted by Gasteiger charge is 2.36. The number of hydrogen-bond donors (Lipinski definition) is 1. The summed E-state index contributed by atoms with van der Waals surface area (Å²) in [6.45, 7) is 1.61. The fourth-order valence-electron chi connectivity index (χ4n) is 2.87. The highest BCUT2D eigenvalue weighted by Crippen LogP contribution is 2.32. The van der Waals surface area contributed by atoms with Crippen LogP contribution in [-0.4, -0.2) is 35.3 Å². The van der Waals surface area contributed by atoms with Gasteiger partial charge < -0.3 is 0 Å². The minimum atomic E-state index is -4.69. The molecule has 0 atom stereocenters. The first-order valence-electron chi connectivity index (χ1n) is 8.70. The monoisotopic (exact) mass is 497 g/mol. The second kappa shape index (κ2) is 7.72. The van der Waals surface area contributed by atoms with E-state index in [2.05, 4.69) is 41.4 Å². The Balaban J connectivity index is 1.59. The first-order valence-corrected chi connectivity index (χ1v) is 9.49. The molecule has 0 bridgehead atoms. The van der Waals surface area contributed by atoms with Crippen LogP contribution in [0.2, 0.25) is 0 Å². The average molecular weight is 498 g/mol. The van der Waals surface area contributed by atoms with Gasteiger partial charge in [0, 0.05) is 5.69 Å². The lowest BCUT2D eigenvalue weighted by atomic mass is 10.2. The summed E-state index contributed by atoms with van der Waals surface area (Å²) in [5, 5.41) is 10.2. The normalized spacial score (nSPS) is 11.8. The zero-order chi connectivity index (χ0) is 22.3. The molecule has 31 heavy (non-hydrogen) atoms. The Hall–Kier alpha value is -3.35. The van der Waals surface area contributed by atoms with Crippen LogP contribution in [-0.2, 0) is 12.7 Å². The van der Waals surface area contributed by atoms with Crippen molar-refractivity contribution in [1.29, 1.82) is 0 Å². The summed E-state index contributed by atoms with van der Waals surface area (Å²) < 4.78 is 55.3. The number of aromatic nitrogens is 6. The van der Waals surface area contributed by atoms with Crippen LogP contribution in [0.15, 0.2) is 41.1 Å². The van der Waals surface area contributed by atoms with Gasteiger partial charge in [-0.05, 0) is 46.6 Å². The molecule has 0 aliphatic rings. The molecule has 13 heteroatoms. The Morgan fingerprint density at radius 1 is 1.23 bits per heavy atom. The van der Waals surface area contributed by atoms with Crippen LogP contribution in [0.4, 0.5) is 23.5 Å². The number of benzene rings is 1. The van der Waals surface area contributed by atoms with E-state index in [-0.39, 0.29) is 34.0 Å². The number of fused-ring (bicyclic) bond motifs is 1. The number of hydrogen-bond acceptors (Lipinski definition) is 5. The number of halogens is 5. The quantitative estimate of drug-likeness (QED) is 0.432. The Morgan fingerprint density at radius 3 is 2.71 bits per heavy atom. The van der Waals surface area contributed by atoms with Gasteiger partial charge in [-0.2, -0.15) is 18.3 Å². The number of carbonyl (C=O) groups is 1. The van der Waals surface area contributed by atoms with Crippen molar-refractivity contribution in [2.45, 2.75) is 19.6 Å². The molecule has 0 aliphatic heterocycles. The van der Waals surface area contributed by atoms with Gasteiger partial charge in [-0.3, -0.25) is 10.1 Å². The molecule has 0 spiro atoms. The number of alkyl halides is 3. The largest absolute Gasteiger partial charge is 0.433 e. The average Bonchev–Trinajstić information content (AvgIpc) is 3.25. The van der Waals surface area contributed by atoms with Crippen molar-refractivity contribution in [3.8, 4) is 0 Å². The molecule has 0 saturated heterocycles. The number of carbonyl (C=O) groups excluding carboxylic acids is 1. The molecule has 3 heterocycles. The van der Waals surface area contributed by atoms with E-state index < -0.39 is 23.6 Å². The third-order valence-electron chi connectivity index (χ3n) is 4.16. The van der Waals surface area contributed by atoms with Gasteiger partial charge in [0.2, 0.25) is 5.95 Å². The van der Waals surface area contributed by atoms with E-state index in [4.69, 9.17) is 0 Å². The number of aryl methyl sites for hydroxylation is 1. The summed E-state index contributed by atoms with van der Waals surface area (Å²) in [6, 6.07) is 6.73. The van der Waals surface area contributed by atoms with Gasteiger partial charge in [0.05, 0.1) is 11.0 Å². The van der Waals surface area contributed by atoms with Crippen molar-refractivity contribution in [2.75, 3.05) is 5.32 Å². The van der Waals surface area contributed by atoms with Crippen molar-refractivity contribution in [1.82, 2.24) is 29.4 Å². The van der Waals surface area contributed by atoms with Crippen LogP contribution < -0.4 is 5.32 Å². The number of nitrogens with zero attached hydrogens (tertiary/aromatic N) is 6. The third-order valence-corrected chi connectivity index (χ3v) is 4.89. The summed E-state index contributed by atoms with van der Waals surface area (Å²) in [5.41, 5.74) is -0.781. The standard InChI is InChI=1S/C18H12BrF4N7O/c1-9-5-12(18(21,22)23)30-15(25-9)13(19)14(27-30)16(31)26-17-24-8-29(28-17)7-10-3-2-4-11(20)6-10/h2-6,8H,7H2,1H3,(H,26,28,31). The van der Waals surface area contributed by atoms with Crippen molar-refractivity contribution in [3.05, 3.63) is 69.6 Å². The summed E-state index contributed by atoms with van der Waals surface area (Å²) in [5.74, 6) is -1.32. The van der Waals surface area contributed by atoms with Crippen molar-refractivity contribution in [3.63, 3.8) is 0 Å². The molecule has 0 unspecified atom stereocenters. The maximum Gasteiger partial charge on any atom is 0.433 e. The molecule has 0 radical (unpaired) electrons. The highest BCUT2D eigenvalue weighted by molar-refractivity contribution is 9.10. The zero-order valence-electron chi connectivity index (χ0n) is 15.7. The highest BCUT2D eigenvalue weighted by atomic mass is 79.9. The minimum absolute atomic E-state index is 0.00149. The third kappa shape index (κ3) is 4.26. The lowest BCUT2D eigenvalue weighted by Crippen LogP contribution is -2.16. The number of rotatable bonds is 4. The summed E-state index contributed by atoms with van der Waals surface area (Å²) in [4.78, 5) is 20.6. The van der Waals surface area contributed by atoms with E-state index in [1.807, 2.05) is 0 Å². The molecule has 0 saturated carbocycles. The number of amides is 1. The summed E-state index contributed by atoms with van der Waals surface area (Å²) >= 11 is 3.10. The molecule has 4 rings (SSSR count). The van der Waals surface area contributed by atoms with Gasteiger partial charge in [0.25, 0.3) is 5.91 Å². The molecule has 0 fully saturated rings. The van der Waals surface area contributed by atoms with Crippen molar-refractivity contribution >= 4 is 33.4 Å². The Morgan fingerprint density at radius 2 is 2.00 bits per heavy atom. The molecule has 0 aliphatic carbocycles. The predicted molar refractivity (Wildman–Crippen MR) is 104 cm³/mol. The molecule has 8 nitrogen and oxygen atoms in total. The zero-order valence-corrected chi connectivity index (χ0v) is 17.2. The van der Waals surface area contributed by atoms with Crippen molar-refractivity contribution in [2.24, 2.45) is 0 Å². The van der Waals surface area contributed by atoms with E-state index in [1.165, 1.54) is 30.1 Å². The lowest BCUT2D eigenvalue weighted by Gasteiger charge is -2.09. The minimum Gasteiger partial charge on any atom is -0.288 e. The Kier molecular flexibility index (Phi) is 5.21. The SMILES string of the molecule is Cc1cc(C(F)(F)F)n2nc(C(=O)Nc3ncn(Cc4cccc(F)c4)n3)c(Br)c2n1. The maximum atomic E-state index is 13.3. The van der Waals surface area contributed by atoms with E-state index >= 15 is 0 Å². The van der Waals surface area contributed by atoms with Crippen LogP contribution in [0.1, 0.15) is 27.4 Å². The molecule has 160 valence electrons. The molecule has 3 aromatic heterocycles. The van der Waals surface area contributed by atoms with E-state index in [1.54, 1.807) is 12.1 Å². The second-order valence-corrected chi connectivity index (χ2v) is 7.32. The van der Waals surface area contributed by atoms with Gasteiger partial charge in [-0.1, -0.05) is 12.1 Å². The molecule has 4 aromatic rings. The van der Waals surface area contributed by atoms with Crippen LogP contribution in [0.5, 0.6) is 0 Å². The van der Waals surface area contributed by atoms with Gasteiger partial charge >= 0.3 is 6.18 Å². The smallest absolute Gasteiger partial charge is 0.288 e. The van der Waals surface area contributed by atoms with Crippen LogP contribution in [0.25, 0.3) is 5.65 Å². The van der Waals surface area contributed by atoms with Gasteiger partial charge in [0.1, 0.15) is 17.8 Å². The number of nitrogens with one attached hydrogen (secondary N) is 1. The van der Waals surface area contributed by atoms with Gasteiger partial charge in [-0.25, -0.2) is 23.6 Å². The lowest BCUT2D eigenvalue weighted by molar-refractivity contribution is -0.142. The predicted octanol–water partition coefficient (Wildman–Crippen LogP) is 3.85. The Labute approximate surface area is 180 Å². The van der Waals surface area contributed by atoms with E-state index in [0.717, 1.165) is 6.07 Å². The molecule has 1 aromatic carbocycles. The molecule has 1 N–H and O–H groups in total. The first kappa shape index (κ1) is 20.9. The topological polar surface area (TPSA) is 90.0 Å². The van der Waals surface area contributed by atoms with E-state index in [0.29, 0.717) is 10.1 Å². The first-order chi connectivity index (χ1) is 14.6. The second-order valence-electron chi connectivity index (χ2n) is 6.53. The molecular weight excluding hydrogens is 486 g/mol. The molecule has 1 amide bonds. The van der Waals surface area contributed by atoms with Crippen molar-refractivity contribution < 1.29 is 22.4 Å². The van der Waals surface area contributed by atoms with E-state index in [9.17, 15) is 22.4 Å². The van der Waals surface area contributed by atoms with Gasteiger partial charge in [-0.15, -0.1) is 5.10 Å². The fraction of sp³-hybridized carbons (Fsp3) is 0.167. The fourth-order valence-corrected chi connectivity index (χ4v) is 3.39. The van der Waals surface area contributed by atoms with Crippen LogP contribution in [0, 0.1) is 12.7 Å². The maximum absolute atomic E-state index is 13.3. The van der Waals surface area contributed by atoms with Crippen LogP contribution >= 0.6 is 15.9 Å².